The summed E-state index contributed by atoms with van der Waals surface area (Å²) in [5, 5.41) is 3.57. The fourth-order valence-corrected chi connectivity index (χ4v) is 1.12. The number of hydrogen-bond acceptors (Lipinski definition) is 5. The van der Waals surface area contributed by atoms with Gasteiger partial charge in [-0.1, -0.05) is 23.4 Å². The van der Waals surface area contributed by atoms with Crippen molar-refractivity contribution in [3.05, 3.63) is 30.3 Å². The van der Waals surface area contributed by atoms with Crippen LogP contribution in [0.1, 0.15) is 6.92 Å². The van der Waals surface area contributed by atoms with Gasteiger partial charge in [0.2, 0.25) is 5.71 Å². The summed E-state index contributed by atoms with van der Waals surface area (Å²) >= 11 is 0. The molecular weight excluding hydrogens is 222 g/mol. The summed E-state index contributed by atoms with van der Waals surface area (Å²) in [6.45, 7) is 2.02. The van der Waals surface area contributed by atoms with Crippen molar-refractivity contribution >= 4 is 11.7 Å². The standard InChI is InChI=1S/C12H15NO4/c1-3-16-12(14)11(13-15-2)9-17-10-7-5-4-6-8-10/h4-8H,3,9H2,1-2H3/b13-11-. The van der Waals surface area contributed by atoms with Crippen LogP contribution in [-0.2, 0) is 14.4 Å². The van der Waals surface area contributed by atoms with Crippen LogP contribution in [0.25, 0.3) is 0 Å². The maximum atomic E-state index is 11.4. The van der Waals surface area contributed by atoms with Gasteiger partial charge in [-0.2, -0.15) is 0 Å². The average molecular weight is 237 g/mol. The lowest BCUT2D eigenvalue weighted by Crippen LogP contribution is -2.24. The Morgan fingerprint density at radius 2 is 2.00 bits per heavy atom. The molecule has 0 aliphatic rings. The van der Waals surface area contributed by atoms with Gasteiger partial charge in [0.25, 0.3) is 0 Å². The second-order valence-electron chi connectivity index (χ2n) is 3.04. The van der Waals surface area contributed by atoms with Crippen LogP contribution in [0.4, 0.5) is 0 Å². The normalized spacial score (nSPS) is 10.8. The lowest BCUT2D eigenvalue weighted by molar-refractivity contribution is -0.135. The molecule has 0 atom stereocenters. The van der Waals surface area contributed by atoms with Crippen molar-refractivity contribution in [2.45, 2.75) is 6.92 Å². The predicted octanol–water partition coefficient (Wildman–Crippen LogP) is 1.63. The van der Waals surface area contributed by atoms with Crippen molar-refractivity contribution in [3.8, 4) is 5.75 Å². The monoisotopic (exact) mass is 237 g/mol. The van der Waals surface area contributed by atoms with Crippen LogP contribution in [0.5, 0.6) is 5.75 Å². The minimum Gasteiger partial charge on any atom is -0.487 e. The number of benzene rings is 1. The summed E-state index contributed by atoms with van der Waals surface area (Å²) in [7, 11) is 1.36. The molecule has 0 aromatic heterocycles. The number of carbonyl (C=O) groups is 1. The molecule has 1 aromatic rings. The van der Waals surface area contributed by atoms with Crippen molar-refractivity contribution in [2.75, 3.05) is 20.3 Å². The van der Waals surface area contributed by atoms with E-state index in [1.165, 1.54) is 7.11 Å². The van der Waals surface area contributed by atoms with Gasteiger partial charge in [-0.15, -0.1) is 0 Å². The van der Waals surface area contributed by atoms with E-state index in [4.69, 9.17) is 9.47 Å². The van der Waals surface area contributed by atoms with Gasteiger partial charge in [-0.25, -0.2) is 4.79 Å². The fourth-order valence-electron chi connectivity index (χ4n) is 1.12. The Bertz CT molecular complexity index is 375. The zero-order valence-electron chi connectivity index (χ0n) is 9.88. The minimum atomic E-state index is -0.537. The van der Waals surface area contributed by atoms with E-state index in [-0.39, 0.29) is 18.9 Å². The van der Waals surface area contributed by atoms with Crippen LogP contribution < -0.4 is 4.74 Å². The molecule has 0 amide bonds. The van der Waals surface area contributed by atoms with E-state index >= 15 is 0 Å². The number of nitrogens with zero attached hydrogens (tertiary/aromatic N) is 1. The molecule has 0 heterocycles. The van der Waals surface area contributed by atoms with Crippen LogP contribution >= 0.6 is 0 Å². The summed E-state index contributed by atoms with van der Waals surface area (Å²) in [5.41, 5.74) is 0.0956. The smallest absolute Gasteiger partial charge is 0.359 e. The molecule has 17 heavy (non-hydrogen) atoms. The van der Waals surface area contributed by atoms with Gasteiger partial charge in [0.15, 0.2) is 0 Å². The van der Waals surface area contributed by atoms with Crippen LogP contribution in [0.2, 0.25) is 0 Å². The second kappa shape index (κ2) is 7.27. The summed E-state index contributed by atoms with van der Waals surface area (Å²) in [4.78, 5) is 16.0. The molecule has 0 saturated carbocycles. The molecule has 0 N–H and O–H groups in total. The summed E-state index contributed by atoms with van der Waals surface area (Å²) < 4.78 is 10.2. The third kappa shape index (κ3) is 4.55. The first-order valence-electron chi connectivity index (χ1n) is 5.23. The Morgan fingerprint density at radius 3 is 2.59 bits per heavy atom. The number of oxime groups is 1. The van der Waals surface area contributed by atoms with Gasteiger partial charge >= 0.3 is 5.97 Å². The van der Waals surface area contributed by atoms with E-state index in [9.17, 15) is 4.79 Å². The van der Waals surface area contributed by atoms with Crippen molar-refractivity contribution < 1.29 is 19.1 Å². The molecule has 0 bridgehead atoms. The zero-order chi connectivity index (χ0) is 12.5. The van der Waals surface area contributed by atoms with Gasteiger partial charge in [0.1, 0.15) is 19.5 Å². The van der Waals surface area contributed by atoms with Crippen molar-refractivity contribution in [3.63, 3.8) is 0 Å². The number of esters is 1. The first-order chi connectivity index (χ1) is 8.27. The maximum absolute atomic E-state index is 11.4. The first-order valence-corrected chi connectivity index (χ1v) is 5.23. The highest BCUT2D eigenvalue weighted by molar-refractivity contribution is 6.37. The maximum Gasteiger partial charge on any atom is 0.359 e. The van der Waals surface area contributed by atoms with E-state index < -0.39 is 5.97 Å². The molecule has 1 aromatic carbocycles. The highest BCUT2D eigenvalue weighted by Gasteiger charge is 2.14. The molecule has 5 heteroatoms. The highest BCUT2D eigenvalue weighted by Crippen LogP contribution is 2.08. The molecule has 0 saturated heterocycles. The van der Waals surface area contributed by atoms with Crippen LogP contribution in [0.3, 0.4) is 0 Å². The third-order valence-corrected chi connectivity index (χ3v) is 1.83. The summed E-state index contributed by atoms with van der Waals surface area (Å²) in [6.07, 6.45) is 0. The third-order valence-electron chi connectivity index (χ3n) is 1.83. The number of rotatable bonds is 6. The number of carbonyl (C=O) groups excluding carboxylic acids is 1. The molecule has 1 rings (SSSR count). The number of ether oxygens (including phenoxy) is 2. The Kier molecular flexibility index (Phi) is 5.57. The van der Waals surface area contributed by atoms with Gasteiger partial charge < -0.3 is 14.3 Å². The van der Waals surface area contributed by atoms with E-state index in [0.29, 0.717) is 5.75 Å². The van der Waals surface area contributed by atoms with Crippen molar-refractivity contribution in [1.29, 1.82) is 0 Å². The quantitative estimate of drug-likeness (QED) is 0.428. The fraction of sp³-hybridized carbons (Fsp3) is 0.333. The Hall–Kier alpha value is -2.04. The Morgan fingerprint density at radius 1 is 1.29 bits per heavy atom. The molecule has 92 valence electrons. The molecule has 5 nitrogen and oxygen atoms in total. The van der Waals surface area contributed by atoms with Gasteiger partial charge in [0, 0.05) is 0 Å². The molecule has 0 radical (unpaired) electrons. The topological polar surface area (TPSA) is 57.1 Å². The van der Waals surface area contributed by atoms with Crippen molar-refractivity contribution in [1.82, 2.24) is 0 Å². The average Bonchev–Trinajstić information content (AvgIpc) is 2.36. The first kappa shape index (κ1) is 13.0. The number of para-hydroxylation sites is 1. The largest absolute Gasteiger partial charge is 0.487 e. The van der Waals surface area contributed by atoms with E-state index in [1.54, 1.807) is 19.1 Å². The van der Waals surface area contributed by atoms with Crippen LogP contribution in [0, 0.1) is 0 Å². The van der Waals surface area contributed by atoms with Crippen LogP contribution in [0.15, 0.2) is 35.5 Å². The Labute approximate surface area is 100.0 Å². The Balaban J connectivity index is 2.57. The molecule has 0 aliphatic carbocycles. The summed E-state index contributed by atoms with van der Waals surface area (Å²) in [6, 6.07) is 9.13. The molecular formula is C12H15NO4. The molecule has 0 aliphatic heterocycles. The highest BCUT2D eigenvalue weighted by atomic mass is 16.6. The van der Waals surface area contributed by atoms with Crippen LogP contribution in [-0.4, -0.2) is 32.0 Å². The van der Waals surface area contributed by atoms with Gasteiger partial charge in [-0.05, 0) is 19.1 Å². The van der Waals surface area contributed by atoms with Gasteiger partial charge in [-0.3, -0.25) is 0 Å². The number of hydrogen-bond donors (Lipinski definition) is 0. The van der Waals surface area contributed by atoms with Crippen molar-refractivity contribution in [2.24, 2.45) is 5.16 Å². The van der Waals surface area contributed by atoms with Gasteiger partial charge in [0.05, 0.1) is 6.61 Å². The molecule has 0 spiro atoms. The minimum absolute atomic E-state index is 0.0106. The van der Waals surface area contributed by atoms with E-state index in [1.807, 2.05) is 18.2 Å². The predicted molar refractivity (Wildman–Crippen MR) is 63.0 cm³/mol. The lowest BCUT2D eigenvalue weighted by atomic mass is 10.3. The molecule has 0 fully saturated rings. The summed E-state index contributed by atoms with van der Waals surface area (Å²) in [5.74, 6) is 0.117. The van der Waals surface area contributed by atoms with E-state index in [2.05, 4.69) is 9.99 Å². The molecule has 0 unspecified atom stereocenters. The second-order valence-corrected chi connectivity index (χ2v) is 3.04. The zero-order valence-corrected chi connectivity index (χ0v) is 9.88. The SMILES string of the molecule is CCOC(=O)/C(COc1ccccc1)=N\OC. The lowest BCUT2D eigenvalue weighted by Gasteiger charge is -2.07. The van der Waals surface area contributed by atoms with E-state index in [0.717, 1.165) is 0 Å².